The van der Waals surface area contributed by atoms with E-state index in [1.807, 2.05) is 18.3 Å². The summed E-state index contributed by atoms with van der Waals surface area (Å²) in [5.41, 5.74) is 6.33. The van der Waals surface area contributed by atoms with Crippen LogP contribution in [0.1, 0.15) is 56.6 Å². The van der Waals surface area contributed by atoms with Crippen molar-refractivity contribution in [3.05, 3.63) is 89.8 Å². The summed E-state index contributed by atoms with van der Waals surface area (Å²) in [6.45, 7) is 4.97. The number of aliphatic hydroxyl groups excluding tert-OH is 1. The molecule has 1 N–H and O–H groups in total. The van der Waals surface area contributed by atoms with Gasteiger partial charge in [-0.15, -0.1) is 17.7 Å². The summed E-state index contributed by atoms with van der Waals surface area (Å²) in [6, 6.07) is 22.8. The van der Waals surface area contributed by atoms with E-state index >= 15 is 0 Å². The summed E-state index contributed by atoms with van der Waals surface area (Å²) < 4.78 is 6.30. The number of hydrogen-bond acceptors (Lipinski definition) is 4. The van der Waals surface area contributed by atoms with Gasteiger partial charge in [-0.3, -0.25) is 4.79 Å². The molecule has 37 heavy (non-hydrogen) atoms. The number of hydrogen-bond donors (Lipinski definition) is 1. The van der Waals surface area contributed by atoms with Crippen LogP contribution in [-0.2, 0) is 24.9 Å². The Balaban J connectivity index is 0.000000356. The number of allylic oxidation sites excluding steroid dienone is 2. The summed E-state index contributed by atoms with van der Waals surface area (Å²) in [5, 5.41) is 13.1. The minimum Gasteiger partial charge on any atom is -0.512 e. The Kier molecular flexibility index (Phi) is 8.26. The number of rotatable bonds is 3. The number of aliphatic hydroxyl groups is 1. The van der Waals surface area contributed by atoms with E-state index in [0.717, 1.165) is 38.6 Å². The molecule has 1 aliphatic carbocycles. The average molecular weight is 669 g/mol. The number of aromatic nitrogens is 1. The van der Waals surface area contributed by atoms with Crippen molar-refractivity contribution in [1.29, 1.82) is 0 Å². The van der Waals surface area contributed by atoms with Crippen LogP contribution in [0.4, 0.5) is 0 Å². The second kappa shape index (κ2) is 11.4. The zero-order valence-electron chi connectivity index (χ0n) is 21.3. The fraction of sp³-hybridized carbons (Fsp3) is 0.250. The molecule has 0 spiro atoms. The van der Waals surface area contributed by atoms with Gasteiger partial charge in [-0.25, -0.2) is 0 Å². The summed E-state index contributed by atoms with van der Waals surface area (Å²) in [6.07, 6.45) is 8.42. The number of pyridine rings is 1. The largest absolute Gasteiger partial charge is 0.512 e. The van der Waals surface area contributed by atoms with Crippen molar-refractivity contribution in [2.24, 2.45) is 0 Å². The Morgan fingerprint density at radius 1 is 1.08 bits per heavy atom. The Morgan fingerprint density at radius 3 is 2.54 bits per heavy atom. The van der Waals surface area contributed by atoms with E-state index in [0.29, 0.717) is 5.92 Å². The first-order valence-electron chi connectivity index (χ1n) is 12.5. The van der Waals surface area contributed by atoms with E-state index in [2.05, 4.69) is 55.5 Å². The second-order valence-corrected chi connectivity index (χ2v) is 9.67. The van der Waals surface area contributed by atoms with Gasteiger partial charge >= 0.3 is 0 Å². The fourth-order valence-corrected chi connectivity index (χ4v) is 5.31. The molecular formula is C32H30IrNO3-. The first-order valence-corrected chi connectivity index (χ1v) is 12.5. The summed E-state index contributed by atoms with van der Waals surface area (Å²) >= 11 is 0. The van der Waals surface area contributed by atoms with Crippen molar-refractivity contribution in [2.45, 2.75) is 52.4 Å². The first-order chi connectivity index (χ1) is 17.4. The van der Waals surface area contributed by atoms with Crippen LogP contribution in [0.2, 0.25) is 0 Å². The molecule has 2 heterocycles. The average Bonchev–Trinajstić information content (AvgIpc) is 3.52. The minimum absolute atomic E-state index is 0. The Bertz CT molecular complexity index is 1610. The molecule has 0 saturated heterocycles. The SMILES string of the molecule is CC(=O)/C=C(/C)O.Cc1c[c-]c(-c2nccc3cc(C4CCCC4)ccc23)c2oc3ccccc3c12.[Ir]. The molecule has 1 saturated carbocycles. The second-order valence-electron chi connectivity index (χ2n) is 9.67. The Morgan fingerprint density at radius 2 is 1.84 bits per heavy atom. The number of fused-ring (bicyclic) bond motifs is 4. The minimum atomic E-state index is -0.125. The normalized spacial score (nSPS) is 14.0. The maximum atomic E-state index is 10.0. The number of carbonyl (C=O) groups is 1. The Hall–Kier alpha value is -3.27. The van der Waals surface area contributed by atoms with Gasteiger partial charge in [0.2, 0.25) is 0 Å². The van der Waals surface area contributed by atoms with Gasteiger partial charge in [-0.05, 0) is 66.8 Å². The molecule has 5 heteroatoms. The van der Waals surface area contributed by atoms with Gasteiger partial charge in [-0.2, -0.15) is 0 Å². The van der Waals surface area contributed by atoms with E-state index in [9.17, 15) is 4.79 Å². The molecule has 3 aromatic carbocycles. The topological polar surface area (TPSA) is 63.3 Å². The van der Waals surface area contributed by atoms with Gasteiger partial charge in [0.15, 0.2) is 5.78 Å². The van der Waals surface area contributed by atoms with Crippen molar-refractivity contribution in [3.63, 3.8) is 0 Å². The number of ketones is 1. The molecule has 0 amide bonds. The van der Waals surface area contributed by atoms with Crippen LogP contribution in [-0.4, -0.2) is 15.9 Å². The first kappa shape index (κ1) is 26.8. The molecule has 1 aliphatic rings. The zero-order valence-corrected chi connectivity index (χ0v) is 23.7. The maximum Gasteiger partial charge on any atom is 0.155 e. The maximum absolute atomic E-state index is 10.0. The van der Waals surface area contributed by atoms with Crippen molar-refractivity contribution in [3.8, 4) is 11.3 Å². The molecule has 5 aromatic rings. The number of carbonyl (C=O) groups excluding carboxylic acids is 1. The van der Waals surface area contributed by atoms with Crippen LogP contribution in [0.3, 0.4) is 0 Å². The van der Waals surface area contributed by atoms with E-state index < -0.39 is 0 Å². The van der Waals surface area contributed by atoms with Crippen LogP contribution in [0, 0.1) is 13.0 Å². The number of benzene rings is 3. The molecule has 4 nitrogen and oxygen atoms in total. The van der Waals surface area contributed by atoms with Crippen molar-refractivity contribution in [1.82, 2.24) is 4.98 Å². The molecule has 0 bridgehead atoms. The third-order valence-corrected chi connectivity index (χ3v) is 6.91. The molecule has 0 atom stereocenters. The molecular weight excluding hydrogens is 639 g/mol. The van der Waals surface area contributed by atoms with E-state index in [4.69, 9.17) is 14.5 Å². The van der Waals surface area contributed by atoms with Crippen molar-refractivity contribution < 1.29 is 34.4 Å². The van der Waals surface area contributed by atoms with Gasteiger partial charge < -0.3 is 14.5 Å². The van der Waals surface area contributed by atoms with E-state index in [1.54, 1.807) is 0 Å². The van der Waals surface area contributed by atoms with Crippen LogP contribution >= 0.6 is 0 Å². The van der Waals surface area contributed by atoms with E-state index in [1.165, 1.54) is 62.1 Å². The van der Waals surface area contributed by atoms with Gasteiger partial charge in [0.1, 0.15) is 5.58 Å². The number of aryl methyl sites for hydroxylation is 1. The van der Waals surface area contributed by atoms with Crippen molar-refractivity contribution >= 4 is 38.5 Å². The van der Waals surface area contributed by atoms with Gasteiger partial charge in [0, 0.05) is 37.8 Å². The third-order valence-electron chi connectivity index (χ3n) is 6.91. The molecule has 191 valence electrons. The van der Waals surface area contributed by atoms with Gasteiger partial charge in [-0.1, -0.05) is 67.1 Å². The quantitative estimate of drug-likeness (QED) is 0.119. The Labute approximate surface area is 230 Å². The third kappa shape index (κ3) is 5.53. The van der Waals surface area contributed by atoms with Gasteiger partial charge in [0.05, 0.1) is 11.3 Å². The van der Waals surface area contributed by atoms with Crippen LogP contribution in [0.25, 0.3) is 44.0 Å². The molecule has 1 fully saturated rings. The zero-order chi connectivity index (χ0) is 25.2. The molecule has 0 aliphatic heterocycles. The number of nitrogens with zero attached hydrogens (tertiary/aromatic N) is 1. The summed E-state index contributed by atoms with van der Waals surface area (Å²) in [7, 11) is 0. The number of para-hydroxylation sites is 1. The fourth-order valence-electron chi connectivity index (χ4n) is 5.31. The molecule has 0 unspecified atom stereocenters. The molecule has 1 radical (unpaired) electrons. The van der Waals surface area contributed by atoms with Crippen LogP contribution in [0.15, 0.2) is 77.0 Å². The standard InChI is InChI=1S/C27H22NO.C5H8O2.Ir/c1-17-10-12-23(27-25(17)22-8-4-5-9-24(22)29-27)26-21-13-11-19(18-6-2-3-7-18)16-20(21)14-15-28-26;1-4(6)3-5(2)7;/h4-5,8-11,13-16,18H,2-3,6-7H2,1H3;3,6H,1-2H3;/q-1;;/b;4-3-;. The van der Waals surface area contributed by atoms with Gasteiger partial charge in [0.25, 0.3) is 0 Å². The van der Waals surface area contributed by atoms with E-state index in [-0.39, 0.29) is 31.6 Å². The summed E-state index contributed by atoms with van der Waals surface area (Å²) in [5.74, 6) is 0.650. The smallest absolute Gasteiger partial charge is 0.155 e. The van der Waals surface area contributed by atoms with Crippen LogP contribution in [0.5, 0.6) is 0 Å². The molecule has 2 aromatic heterocycles. The predicted molar refractivity (Wildman–Crippen MR) is 146 cm³/mol. The van der Waals surface area contributed by atoms with Crippen LogP contribution < -0.4 is 0 Å². The summed E-state index contributed by atoms with van der Waals surface area (Å²) in [4.78, 5) is 14.8. The predicted octanol–water partition coefficient (Wildman–Crippen LogP) is 8.60. The monoisotopic (exact) mass is 669 g/mol. The molecule has 6 rings (SSSR count). The van der Waals surface area contributed by atoms with Crippen molar-refractivity contribution in [2.75, 3.05) is 0 Å². The number of furan rings is 1.